The third-order valence-electron chi connectivity index (χ3n) is 4.11. The van der Waals surface area contributed by atoms with Gasteiger partial charge in [0.15, 0.2) is 0 Å². The fraction of sp³-hybridized carbons (Fsp3) is 0.130. The number of carbonyl (C=O) groups is 2. The van der Waals surface area contributed by atoms with E-state index in [-0.39, 0.29) is 11.8 Å². The van der Waals surface area contributed by atoms with Crippen LogP contribution in [-0.2, 0) is 4.74 Å². The highest BCUT2D eigenvalue weighted by Gasteiger charge is 2.12. The number of methoxy groups -OCH3 is 1. The first-order chi connectivity index (χ1) is 14.2. The Balaban J connectivity index is 1.62. The van der Waals surface area contributed by atoms with Crippen LogP contribution >= 0.6 is 0 Å². The van der Waals surface area contributed by atoms with Crippen molar-refractivity contribution in [1.82, 2.24) is 0 Å². The molecular weight excluding hydrogens is 368 g/mol. The zero-order valence-corrected chi connectivity index (χ0v) is 16.1. The first-order valence-corrected chi connectivity index (χ1v) is 9.16. The number of nitrogens with one attached hydrogen (secondary N) is 2. The van der Waals surface area contributed by atoms with Gasteiger partial charge in [0.05, 0.1) is 12.2 Å². The predicted octanol–water partition coefficient (Wildman–Crippen LogP) is 4.22. The summed E-state index contributed by atoms with van der Waals surface area (Å²) in [5.74, 6) is 0.0254. The molecule has 0 aromatic heterocycles. The molecular formula is C23H22N2O4. The third-order valence-corrected chi connectivity index (χ3v) is 4.11. The van der Waals surface area contributed by atoms with E-state index in [1.807, 2.05) is 24.3 Å². The van der Waals surface area contributed by atoms with Gasteiger partial charge in [0, 0.05) is 24.0 Å². The lowest BCUT2D eigenvalue weighted by Gasteiger charge is -2.12. The number of benzene rings is 3. The molecule has 2 amide bonds. The summed E-state index contributed by atoms with van der Waals surface area (Å²) in [5.41, 5.74) is 2.26. The topological polar surface area (TPSA) is 76.7 Å². The Bertz CT molecular complexity index is 956. The maximum absolute atomic E-state index is 12.6. The van der Waals surface area contributed by atoms with Crippen LogP contribution in [0.5, 0.6) is 5.75 Å². The minimum Gasteiger partial charge on any atom is -0.490 e. The molecule has 0 heterocycles. The lowest BCUT2D eigenvalue weighted by molar-refractivity contribution is 0.101. The molecule has 0 spiro atoms. The van der Waals surface area contributed by atoms with Gasteiger partial charge in [-0.05, 0) is 48.5 Å². The average Bonchev–Trinajstić information content (AvgIpc) is 2.76. The van der Waals surface area contributed by atoms with Gasteiger partial charge >= 0.3 is 0 Å². The second-order valence-electron chi connectivity index (χ2n) is 6.19. The highest BCUT2D eigenvalue weighted by Crippen LogP contribution is 2.21. The summed E-state index contributed by atoms with van der Waals surface area (Å²) in [6, 6.07) is 22.9. The molecule has 0 unspecified atom stereocenters. The van der Waals surface area contributed by atoms with Gasteiger partial charge in [-0.3, -0.25) is 9.59 Å². The summed E-state index contributed by atoms with van der Waals surface area (Å²) in [7, 11) is 1.59. The smallest absolute Gasteiger partial charge is 0.259 e. The third kappa shape index (κ3) is 5.67. The Hall–Kier alpha value is -3.64. The van der Waals surface area contributed by atoms with E-state index in [1.54, 1.807) is 61.7 Å². The van der Waals surface area contributed by atoms with Gasteiger partial charge in [0.25, 0.3) is 11.8 Å². The molecule has 6 nitrogen and oxygen atoms in total. The van der Waals surface area contributed by atoms with Crippen molar-refractivity contribution in [1.29, 1.82) is 0 Å². The van der Waals surface area contributed by atoms with Gasteiger partial charge in [-0.2, -0.15) is 0 Å². The number of ether oxygens (including phenoxy) is 2. The number of hydrogen-bond acceptors (Lipinski definition) is 4. The molecule has 0 radical (unpaired) electrons. The van der Waals surface area contributed by atoms with Crippen molar-refractivity contribution in [2.45, 2.75) is 0 Å². The lowest BCUT2D eigenvalue weighted by atomic mass is 10.1. The number of anilines is 2. The van der Waals surface area contributed by atoms with E-state index in [0.29, 0.717) is 41.5 Å². The Morgan fingerprint density at radius 1 is 0.724 bits per heavy atom. The van der Waals surface area contributed by atoms with Crippen LogP contribution in [0.2, 0.25) is 0 Å². The van der Waals surface area contributed by atoms with Crippen LogP contribution < -0.4 is 15.4 Å². The normalized spacial score (nSPS) is 10.2. The molecule has 3 aromatic carbocycles. The predicted molar refractivity (Wildman–Crippen MR) is 113 cm³/mol. The van der Waals surface area contributed by atoms with E-state index < -0.39 is 0 Å². The van der Waals surface area contributed by atoms with Crippen molar-refractivity contribution < 1.29 is 19.1 Å². The second kappa shape index (κ2) is 10.1. The summed E-state index contributed by atoms with van der Waals surface area (Å²) in [4.78, 5) is 24.8. The van der Waals surface area contributed by atoms with Crippen LogP contribution in [0.25, 0.3) is 0 Å². The van der Waals surface area contributed by atoms with E-state index in [1.165, 1.54) is 0 Å². The summed E-state index contributed by atoms with van der Waals surface area (Å²) >= 11 is 0. The lowest BCUT2D eigenvalue weighted by Crippen LogP contribution is -2.15. The number of rotatable bonds is 8. The Labute approximate surface area is 169 Å². The van der Waals surface area contributed by atoms with E-state index in [2.05, 4.69) is 10.6 Å². The second-order valence-corrected chi connectivity index (χ2v) is 6.19. The fourth-order valence-corrected chi connectivity index (χ4v) is 2.64. The zero-order chi connectivity index (χ0) is 20.5. The van der Waals surface area contributed by atoms with Crippen LogP contribution in [0.3, 0.4) is 0 Å². The van der Waals surface area contributed by atoms with Crippen LogP contribution in [0.1, 0.15) is 20.7 Å². The Morgan fingerprint density at radius 2 is 1.31 bits per heavy atom. The molecule has 0 fully saturated rings. The number of hydrogen-bond donors (Lipinski definition) is 2. The molecule has 0 atom stereocenters. The van der Waals surface area contributed by atoms with Crippen molar-refractivity contribution >= 4 is 23.2 Å². The van der Waals surface area contributed by atoms with Crippen molar-refractivity contribution in [3.63, 3.8) is 0 Å². The maximum Gasteiger partial charge on any atom is 0.259 e. The van der Waals surface area contributed by atoms with Crippen LogP contribution in [0, 0.1) is 0 Å². The number of amides is 2. The molecule has 6 heteroatoms. The molecule has 0 aliphatic heterocycles. The summed E-state index contributed by atoms with van der Waals surface area (Å²) < 4.78 is 10.6. The summed E-state index contributed by atoms with van der Waals surface area (Å²) in [5, 5.41) is 5.66. The minimum absolute atomic E-state index is 0.190. The van der Waals surface area contributed by atoms with Gasteiger partial charge in [-0.15, -0.1) is 0 Å². The zero-order valence-electron chi connectivity index (χ0n) is 16.1. The van der Waals surface area contributed by atoms with Gasteiger partial charge in [0.2, 0.25) is 0 Å². The summed E-state index contributed by atoms with van der Waals surface area (Å²) in [6.07, 6.45) is 0. The monoisotopic (exact) mass is 390 g/mol. The molecule has 3 rings (SSSR count). The van der Waals surface area contributed by atoms with Crippen molar-refractivity contribution in [3.05, 3.63) is 90.0 Å². The molecule has 2 N–H and O–H groups in total. The van der Waals surface area contributed by atoms with E-state index in [4.69, 9.17) is 9.47 Å². The fourth-order valence-electron chi connectivity index (χ4n) is 2.64. The molecule has 29 heavy (non-hydrogen) atoms. The molecule has 0 aliphatic rings. The van der Waals surface area contributed by atoms with Crippen LogP contribution in [-0.4, -0.2) is 32.1 Å². The molecule has 0 bridgehead atoms. The largest absolute Gasteiger partial charge is 0.490 e. The van der Waals surface area contributed by atoms with Gasteiger partial charge in [-0.25, -0.2) is 0 Å². The first kappa shape index (κ1) is 20.1. The van der Waals surface area contributed by atoms with Crippen molar-refractivity contribution in [2.24, 2.45) is 0 Å². The Kier molecular flexibility index (Phi) is 6.97. The van der Waals surface area contributed by atoms with E-state index in [0.717, 1.165) is 0 Å². The quantitative estimate of drug-likeness (QED) is 0.565. The highest BCUT2D eigenvalue weighted by molar-refractivity contribution is 6.07. The molecule has 0 saturated carbocycles. The van der Waals surface area contributed by atoms with Crippen molar-refractivity contribution in [3.8, 4) is 5.75 Å². The van der Waals surface area contributed by atoms with Gasteiger partial charge in [-0.1, -0.05) is 30.3 Å². The molecule has 0 saturated heterocycles. The van der Waals surface area contributed by atoms with E-state index >= 15 is 0 Å². The first-order valence-electron chi connectivity index (χ1n) is 9.16. The molecule has 148 valence electrons. The minimum atomic E-state index is -0.279. The summed E-state index contributed by atoms with van der Waals surface area (Å²) in [6.45, 7) is 0.794. The number of para-hydroxylation sites is 1. The Morgan fingerprint density at radius 3 is 1.97 bits per heavy atom. The maximum atomic E-state index is 12.6. The molecule has 3 aromatic rings. The highest BCUT2D eigenvalue weighted by atomic mass is 16.5. The number of carbonyl (C=O) groups excluding carboxylic acids is 2. The van der Waals surface area contributed by atoms with Gasteiger partial charge in [0.1, 0.15) is 12.4 Å². The SMILES string of the molecule is COCCOc1ccccc1C(=O)Nc1ccc(NC(=O)c2ccccc2)cc1. The van der Waals surface area contributed by atoms with Crippen LogP contribution in [0.4, 0.5) is 11.4 Å². The van der Waals surface area contributed by atoms with Crippen molar-refractivity contribution in [2.75, 3.05) is 31.0 Å². The standard InChI is InChI=1S/C23H22N2O4/c1-28-15-16-29-21-10-6-5-9-20(21)23(27)25-19-13-11-18(12-14-19)24-22(26)17-7-3-2-4-8-17/h2-14H,15-16H2,1H3,(H,24,26)(H,25,27). The van der Waals surface area contributed by atoms with Gasteiger partial charge < -0.3 is 20.1 Å². The van der Waals surface area contributed by atoms with E-state index in [9.17, 15) is 9.59 Å². The average molecular weight is 390 g/mol. The molecule has 0 aliphatic carbocycles. The van der Waals surface area contributed by atoms with Crippen LogP contribution in [0.15, 0.2) is 78.9 Å².